The molecule has 0 saturated heterocycles. The smallest absolute Gasteiger partial charge is 0.0952 e. The lowest BCUT2D eigenvalue weighted by atomic mass is 9.98. The van der Waals surface area contributed by atoms with Crippen LogP contribution in [0.2, 0.25) is 0 Å². The molecule has 15 heavy (non-hydrogen) atoms. The van der Waals surface area contributed by atoms with Crippen LogP contribution >= 0.6 is 0 Å². The second-order valence-electron chi connectivity index (χ2n) is 4.05. The van der Waals surface area contributed by atoms with Crippen LogP contribution in [-0.2, 0) is 13.0 Å². The van der Waals surface area contributed by atoms with Crippen LogP contribution in [0.4, 0.5) is 5.69 Å². The number of nitrogens with two attached hydrogens (primary N) is 1. The van der Waals surface area contributed by atoms with Crippen molar-refractivity contribution in [2.24, 2.45) is 0 Å². The largest absolute Gasteiger partial charge is 0.399 e. The first kappa shape index (κ1) is 10.0. The molecule has 2 rings (SSSR count). The molecule has 1 aromatic carbocycles. The Bertz CT molecular complexity index is 406. The molecule has 0 fully saturated rings. The highest BCUT2D eigenvalue weighted by atomic mass is 15.1. The van der Waals surface area contributed by atoms with Gasteiger partial charge in [0.25, 0.3) is 0 Å². The van der Waals surface area contributed by atoms with Gasteiger partial charge in [-0.1, -0.05) is 6.07 Å². The molecule has 0 saturated carbocycles. The third-order valence-electron chi connectivity index (χ3n) is 3.01. The molecule has 2 N–H and O–H groups in total. The van der Waals surface area contributed by atoms with Crippen LogP contribution in [0.1, 0.15) is 18.1 Å². The number of nitriles is 1. The Morgan fingerprint density at radius 3 is 3.00 bits per heavy atom. The van der Waals surface area contributed by atoms with Gasteiger partial charge in [0.1, 0.15) is 0 Å². The number of fused-ring (bicyclic) bond motifs is 1. The molecule has 0 radical (unpaired) electrons. The summed E-state index contributed by atoms with van der Waals surface area (Å²) in [6, 6.07) is 8.32. The summed E-state index contributed by atoms with van der Waals surface area (Å²) < 4.78 is 0. The topological polar surface area (TPSA) is 53.0 Å². The van der Waals surface area contributed by atoms with E-state index in [4.69, 9.17) is 11.0 Å². The average molecular weight is 201 g/mol. The minimum Gasteiger partial charge on any atom is -0.399 e. The number of nitrogen functional groups attached to an aromatic ring is 1. The minimum absolute atomic E-state index is 0.0143. The van der Waals surface area contributed by atoms with Gasteiger partial charge >= 0.3 is 0 Å². The standard InChI is InChI=1S/C12H15N3/c1-9(7-13)15-5-4-10-2-3-12(14)6-11(10)8-15/h2-3,6,9H,4-5,8,14H2,1H3. The van der Waals surface area contributed by atoms with Crippen LogP contribution in [-0.4, -0.2) is 17.5 Å². The zero-order chi connectivity index (χ0) is 10.8. The van der Waals surface area contributed by atoms with Crippen molar-refractivity contribution in [3.63, 3.8) is 0 Å². The zero-order valence-electron chi connectivity index (χ0n) is 8.90. The summed E-state index contributed by atoms with van der Waals surface area (Å²) in [5, 5.41) is 8.87. The van der Waals surface area contributed by atoms with E-state index in [2.05, 4.69) is 17.0 Å². The van der Waals surface area contributed by atoms with E-state index in [1.54, 1.807) is 0 Å². The molecule has 1 aromatic rings. The van der Waals surface area contributed by atoms with Gasteiger partial charge in [0.05, 0.1) is 12.1 Å². The van der Waals surface area contributed by atoms with Gasteiger partial charge in [-0.3, -0.25) is 4.90 Å². The molecular formula is C12H15N3. The van der Waals surface area contributed by atoms with Crippen LogP contribution in [0.15, 0.2) is 18.2 Å². The summed E-state index contributed by atoms with van der Waals surface area (Å²) in [4.78, 5) is 2.18. The molecule has 1 aliphatic heterocycles. The maximum Gasteiger partial charge on any atom is 0.0952 e. The Kier molecular flexibility index (Phi) is 2.61. The maximum absolute atomic E-state index is 8.87. The summed E-state index contributed by atoms with van der Waals surface area (Å²) in [6.45, 7) is 3.75. The third kappa shape index (κ3) is 1.95. The van der Waals surface area contributed by atoms with Gasteiger partial charge in [0, 0.05) is 18.8 Å². The summed E-state index contributed by atoms with van der Waals surface area (Å²) in [7, 11) is 0. The molecule has 0 bridgehead atoms. The first-order chi connectivity index (χ1) is 7.20. The van der Waals surface area contributed by atoms with Gasteiger partial charge in [-0.15, -0.1) is 0 Å². The zero-order valence-corrected chi connectivity index (χ0v) is 8.90. The first-order valence-corrected chi connectivity index (χ1v) is 5.21. The van der Waals surface area contributed by atoms with Crippen LogP contribution in [0.3, 0.4) is 0 Å². The lowest BCUT2D eigenvalue weighted by molar-refractivity contribution is 0.226. The molecular weight excluding hydrogens is 186 g/mol. The van der Waals surface area contributed by atoms with E-state index in [1.807, 2.05) is 19.1 Å². The highest BCUT2D eigenvalue weighted by Gasteiger charge is 2.20. The summed E-state index contributed by atoms with van der Waals surface area (Å²) in [6.07, 6.45) is 1.02. The summed E-state index contributed by atoms with van der Waals surface area (Å²) >= 11 is 0. The highest BCUT2D eigenvalue weighted by molar-refractivity contribution is 5.45. The molecule has 3 heteroatoms. The van der Waals surface area contributed by atoms with E-state index < -0.39 is 0 Å². The Morgan fingerprint density at radius 2 is 2.27 bits per heavy atom. The number of rotatable bonds is 1. The van der Waals surface area contributed by atoms with Crippen molar-refractivity contribution in [1.82, 2.24) is 4.90 Å². The van der Waals surface area contributed by atoms with Crippen LogP contribution in [0.25, 0.3) is 0 Å². The second-order valence-corrected chi connectivity index (χ2v) is 4.05. The Balaban J connectivity index is 2.23. The second kappa shape index (κ2) is 3.92. The number of benzene rings is 1. The fraction of sp³-hybridized carbons (Fsp3) is 0.417. The van der Waals surface area contributed by atoms with Crippen molar-refractivity contribution in [1.29, 1.82) is 5.26 Å². The van der Waals surface area contributed by atoms with Crippen molar-refractivity contribution < 1.29 is 0 Å². The van der Waals surface area contributed by atoms with Crippen LogP contribution in [0.5, 0.6) is 0 Å². The van der Waals surface area contributed by atoms with E-state index in [0.717, 1.165) is 25.2 Å². The van der Waals surface area contributed by atoms with Gasteiger partial charge in [-0.2, -0.15) is 5.26 Å². The molecule has 0 amide bonds. The number of hydrogen-bond acceptors (Lipinski definition) is 3. The molecule has 1 unspecified atom stereocenters. The van der Waals surface area contributed by atoms with Crippen molar-refractivity contribution >= 4 is 5.69 Å². The Hall–Kier alpha value is -1.53. The number of anilines is 1. The molecule has 1 aliphatic rings. The molecule has 0 spiro atoms. The normalized spacial score (nSPS) is 17.9. The predicted molar refractivity (Wildman–Crippen MR) is 60.0 cm³/mol. The van der Waals surface area contributed by atoms with Crippen LogP contribution < -0.4 is 5.73 Å². The number of nitrogens with zero attached hydrogens (tertiary/aromatic N) is 2. The van der Waals surface area contributed by atoms with Gasteiger partial charge in [0.15, 0.2) is 0 Å². The quantitative estimate of drug-likeness (QED) is 0.701. The van der Waals surface area contributed by atoms with E-state index in [0.29, 0.717) is 0 Å². The molecule has 1 atom stereocenters. The van der Waals surface area contributed by atoms with Crippen molar-refractivity contribution in [2.45, 2.75) is 25.9 Å². The van der Waals surface area contributed by atoms with Gasteiger partial charge in [-0.25, -0.2) is 0 Å². The summed E-state index contributed by atoms with van der Waals surface area (Å²) in [5.41, 5.74) is 9.19. The van der Waals surface area contributed by atoms with Crippen molar-refractivity contribution in [3.05, 3.63) is 29.3 Å². The highest BCUT2D eigenvalue weighted by Crippen LogP contribution is 2.22. The van der Waals surface area contributed by atoms with E-state index in [-0.39, 0.29) is 6.04 Å². The SMILES string of the molecule is CC(C#N)N1CCc2ccc(N)cc2C1. The predicted octanol–water partition coefficient (Wildman–Crippen LogP) is 1.54. The molecule has 1 heterocycles. The van der Waals surface area contributed by atoms with Crippen molar-refractivity contribution in [2.75, 3.05) is 12.3 Å². The van der Waals surface area contributed by atoms with Crippen molar-refractivity contribution in [3.8, 4) is 6.07 Å². The molecule has 3 nitrogen and oxygen atoms in total. The maximum atomic E-state index is 8.87. The fourth-order valence-electron chi connectivity index (χ4n) is 2.01. The lowest BCUT2D eigenvalue weighted by Gasteiger charge is -2.30. The van der Waals surface area contributed by atoms with E-state index >= 15 is 0 Å². The van der Waals surface area contributed by atoms with Gasteiger partial charge in [-0.05, 0) is 36.6 Å². The Labute approximate surface area is 90.1 Å². The monoisotopic (exact) mass is 201 g/mol. The fourth-order valence-corrected chi connectivity index (χ4v) is 2.01. The first-order valence-electron chi connectivity index (χ1n) is 5.21. The lowest BCUT2D eigenvalue weighted by Crippen LogP contribution is -2.36. The van der Waals surface area contributed by atoms with E-state index in [1.165, 1.54) is 11.1 Å². The number of hydrogen-bond donors (Lipinski definition) is 1. The van der Waals surface area contributed by atoms with E-state index in [9.17, 15) is 0 Å². The summed E-state index contributed by atoms with van der Waals surface area (Å²) in [5.74, 6) is 0. The van der Waals surface area contributed by atoms with Gasteiger partial charge < -0.3 is 5.73 Å². The average Bonchev–Trinajstić information content (AvgIpc) is 2.27. The molecule has 0 aliphatic carbocycles. The molecule has 78 valence electrons. The Morgan fingerprint density at radius 1 is 1.47 bits per heavy atom. The minimum atomic E-state index is -0.0143. The molecule has 0 aromatic heterocycles. The van der Waals surface area contributed by atoms with Gasteiger partial charge in [0.2, 0.25) is 0 Å². The van der Waals surface area contributed by atoms with Crippen LogP contribution in [0, 0.1) is 11.3 Å². The third-order valence-corrected chi connectivity index (χ3v) is 3.01.